The van der Waals surface area contributed by atoms with Crippen molar-refractivity contribution in [2.75, 3.05) is 12.4 Å². The van der Waals surface area contributed by atoms with Crippen molar-refractivity contribution in [3.05, 3.63) is 71.8 Å². The Morgan fingerprint density at radius 2 is 1.54 bits per heavy atom. The first-order valence-electron chi connectivity index (χ1n) is 8.70. The zero-order chi connectivity index (χ0) is 18.3. The van der Waals surface area contributed by atoms with E-state index in [1.165, 1.54) is 5.56 Å². The lowest BCUT2D eigenvalue weighted by Crippen LogP contribution is -1.91. The molecule has 0 unspecified atom stereocenters. The fraction of sp³-hybridized carbons (Fsp3) is 0.130. The highest BCUT2D eigenvalue weighted by Gasteiger charge is 2.24. The Kier molecular flexibility index (Phi) is 3.92. The first-order chi connectivity index (χ1) is 12.6. The van der Waals surface area contributed by atoms with E-state index >= 15 is 0 Å². The van der Waals surface area contributed by atoms with Crippen LogP contribution >= 0.6 is 0 Å². The smallest absolute Gasteiger partial charge is 0.205 e. The SMILES string of the molecule is CNc1oc(-c2cccc3ccccc23)c(O)c1-c1cccc(C)c1C. The predicted octanol–water partition coefficient (Wildman–Crippen LogP) is 6.13. The molecule has 0 bridgehead atoms. The fourth-order valence-electron chi connectivity index (χ4n) is 3.48. The Morgan fingerprint density at radius 3 is 2.35 bits per heavy atom. The summed E-state index contributed by atoms with van der Waals surface area (Å²) in [6.45, 7) is 4.13. The molecule has 0 radical (unpaired) electrons. The van der Waals surface area contributed by atoms with E-state index in [1.54, 1.807) is 7.05 Å². The van der Waals surface area contributed by atoms with Crippen molar-refractivity contribution in [2.24, 2.45) is 0 Å². The first-order valence-corrected chi connectivity index (χ1v) is 8.70. The number of rotatable bonds is 3. The van der Waals surface area contributed by atoms with Gasteiger partial charge in [-0.3, -0.25) is 0 Å². The summed E-state index contributed by atoms with van der Waals surface area (Å²) in [7, 11) is 1.81. The minimum atomic E-state index is 0.166. The molecule has 0 aliphatic carbocycles. The lowest BCUT2D eigenvalue weighted by molar-refractivity contribution is 0.467. The van der Waals surface area contributed by atoms with E-state index in [4.69, 9.17) is 4.42 Å². The third kappa shape index (κ3) is 2.44. The number of fused-ring (bicyclic) bond motifs is 1. The van der Waals surface area contributed by atoms with E-state index in [-0.39, 0.29) is 5.75 Å². The second-order valence-corrected chi connectivity index (χ2v) is 6.51. The van der Waals surface area contributed by atoms with E-state index in [2.05, 4.69) is 37.4 Å². The van der Waals surface area contributed by atoms with Crippen molar-refractivity contribution in [2.45, 2.75) is 13.8 Å². The molecule has 3 heteroatoms. The van der Waals surface area contributed by atoms with Crippen molar-refractivity contribution in [3.8, 4) is 28.2 Å². The van der Waals surface area contributed by atoms with E-state index in [1.807, 2.05) is 42.5 Å². The van der Waals surface area contributed by atoms with Crippen molar-refractivity contribution in [1.29, 1.82) is 0 Å². The van der Waals surface area contributed by atoms with Crippen LogP contribution < -0.4 is 5.32 Å². The maximum Gasteiger partial charge on any atom is 0.205 e. The van der Waals surface area contributed by atoms with Crippen LogP contribution in [0.1, 0.15) is 11.1 Å². The van der Waals surface area contributed by atoms with Crippen LogP contribution in [0.15, 0.2) is 65.1 Å². The third-order valence-corrected chi connectivity index (χ3v) is 5.02. The van der Waals surface area contributed by atoms with Crippen molar-refractivity contribution >= 4 is 16.7 Å². The van der Waals surface area contributed by atoms with Gasteiger partial charge < -0.3 is 14.8 Å². The molecule has 0 spiro atoms. The molecule has 0 fully saturated rings. The Labute approximate surface area is 152 Å². The number of aromatic hydroxyl groups is 1. The summed E-state index contributed by atoms with van der Waals surface area (Å²) in [5.41, 5.74) is 4.87. The normalized spacial score (nSPS) is 11.0. The highest BCUT2D eigenvalue weighted by atomic mass is 16.4. The zero-order valence-electron chi connectivity index (χ0n) is 15.1. The molecular weight excluding hydrogens is 322 g/mol. The summed E-state index contributed by atoms with van der Waals surface area (Å²) in [6.07, 6.45) is 0. The molecule has 3 aromatic carbocycles. The molecule has 0 aliphatic rings. The van der Waals surface area contributed by atoms with Crippen LogP contribution in [0, 0.1) is 13.8 Å². The van der Waals surface area contributed by atoms with Gasteiger partial charge in [0.15, 0.2) is 11.5 Å². The molecule has 2 N–H and O–H groups in total. The summed E-state index contributed by atoms with van der Waals surface area (Å²) in [5, 5.41) is 16.3. The average molecular weight is 343 g/mol. The number of furan rings is 1. The van der Waals surface area contributed by atoms with Gasteiger partial charge in [0, 0.05) is 12.6 Å². The van der Waals surface area contributed by atoms with E-state index in [9.17, 15) is 5.11 Å². The molecule has 4 aromatic rings. The van der Waals surface area contributed by atoms with Crippen LogP contribution in [0.4, 0.5) is 5.88 Å². The zero-order valence-corrected chi connectivity index (χ0v) is 15.1. The molecule has 1 heterocycles. The van der Waals surface area contributed by atoms with E-state index < -0.39 is 0 Å². The quantitative estimate of drug-likeness (QED) is 0.470. The van der Waals surface area contributed by atoms with Crippen LogP contribution in [0.3, 0.4) is 0 Å². The number of benzene rings is 3. The molecule has 3 nitrogen and oxygen atoms in total. The number of hydrogen-bond acceptors (Lipinski definition) is 3. The van der Waals surface area contributed by atoms with E-state index in [0.717, 1.165) is 27.5 Å². The van der Waals surface area contributed by atoms with Crippen LogP contribution in [-0.2, 0) is 0 Å². The Balaban J connectivity index is 2.00. The maximum atomic E-state index is 11.1. The summed E-state index contributed by atoms with van der Waals surface area (Å²) < 4.78 is 6.08. The monoisotopic (exact) mass is 343 g/mol. The Morgan fingerprint density at radius 1 is 0.846 bits per heavy atom. The van der Waals surface area contributed by atoms with Gasteiger partial charge >= 0.3 is 0 Å². The van der Waals surface area contributed by atoms with Gasteiger partial charge in [0.05, 0.1) is 5.56 Å². The predicted molar refractivity (Wildman–Crippen MR) is 108 cm³/mol. The number of anilines is 1. The van der Waals surface area contributed by atoms with Crippen molar-refractivity contribution < 1.29 is 9.52 Å². The molecule has 0 aliphatic heterocycles. The lowest BCUT2D eigenvalue weighted by Gasteiger charge is -2.09. The molecule has 4 rings (SSSR count). The summed E-state index contributed by atoms with van der Waals surface area (Å²) in [6, 6.07) is 20.2. The van der Waals surface area contributed by atoms with Gasteiger partial charge in [0.25, 0.3) is 0 Å². The molecule has 26 heavy (non-hydrogen) atoms. The van der Waals surface area contributed by atoms with Crippen LogP contribution in [-0.4, -0.2) is 12.2 Å². The number of hydrogen-bond donors (Lipinski definition) is 2. The molecule has 130 valence electrons. The van der Waals surface area contributed by atoms with Crippen molar-refractivity contribution in [1.82, 2.24) is 0 Å². The second kappa shape index (κ2) is 6.26. The van der Waals surface area contributed by atoms with Gasteiger partial charge in [-0.25, -0.2) is 0 Å². The fourth-order valence-corrected chi connectivity index (χ4v) is 3.48. The van der Waals surface area contributed by atoms with Crippen LogP contribution in [0.25, 0.3) is 33.2 Å². The minimum absolute atomic E-state index is 0.166. The molecule has 0 saturated carbocycles. The topological polar surface area (TPSA) is 45.4 Å². The summed E-state index contributed by atoms with van der Waals surface area (Å²) in [4.78, 5) is 0. The third-order valence-electron chi connectivity index (χ3n) is 5.02. The minimum Gasteiger partial charge on any atom is -0.504 e. The van der Waals surface area contributed by atoms with Gasteiger partial charge in [-0.05, 0) is 41.3 Å². The highest BCUT2D eigenvalue weighted by molar-refractivity contribution is 5.99. The Bertz CT molecular complexity index is 1100. The van der Waals surface area contributed by atoms with Gasteiger partial charge in [0.2, 0.25) is 5.88 Å². The Hall–Kier alpha value is -3.20. The molecule has 1 aromatic heterocycles. The van der Waals surface area contributed by atoms with Crippen LogP contribution in [0.5, 0.6) is 5.75 Å². The molecular formula is C23H21NO2. The molecule has 0 atom stereocenters. The first kappa shape index (κ1) is 16.3. The second-order valence-electron chi connectivity index (χ2n) is 6.51. The highest BCUT2D eigenvalue weighted by Crippen LogP contribution is 2.48. The van der Waals surface area contributed by atoms with Crippen molar-refractivity contribution in [3.63, 3.8) is 0 Å². The lowest BCUT2D eigenvalue weighted by atomic mass is 9.96. The van der Waals surface area contributed by atoms with Gasteiger partial charge in [-0.1, -0.05) is 60.7 Å². The summed E-state index contributed by atoms with van der Waals surface area (Å²) >= 11 is 0. The maximum absolute atomic E-state index is 11.1. The largest absolute Gasteiger partial charge is 0.504 e. The average Bonchev–Trinajstić information content (AvgIpc) is 3.00. The van der Waals surface area contributed by atoms with Gasteiger partial charge in [-0.2, -0.15) is 0 Å². The van der Waals surface area contributed by atoms with Crippen LogP contribution in [0.2, 0.25) is 0 Å². The number of nitrogens with one attached hydrogen (secondary N) is 1. The molecule has 0 saturated heterocycles. The van der Waals surface area contributed by atoms with E-state index in [0.29, 0.717) is 17.2 Å². The summed E-state index contributed by atoms with van der Waals surface area (Å²) in [5.74, 6) is 1.22. The molecule has 0 amide bonds. The van der Waals surface area contributed by atoms with Gasteiger partial charge in [0.1, 0.15) is 0 Å². The van der Waals surface area contributed by atoms with Gasteiger partial charge in [-0.15, -0.1) is 0 Å². The standard InChI is InChI=1S/C23H21NO2/c1-14-8-6-12-17(15(14)2)20-21(25)22(26-23(20)24-3)19-13-7-10-16-9-4-5-11-18(16)19/h4-13,24-25H,1-3H3. The number of aryl methyl sites for hydroxylation is 1.